The summed E-state index contributed by atoms with van der Waals surface area (Å²) >= 11 is 3.22. The lowest BCUT2D eigenvalue weighted by atomic mass is 10.2. The van der Waals surface area contributed by atoms with Crippen molar-refractivity contribution in [3.05, 3.63) is 11.9 Å². The predicted octanol–water partition coefficient (Wildman–Crippen LogP) is 1.50. The molecule has 0 amide bonds. The van der Waals surface area contributed by atoms with Gasteiger partial charge in [0, 0.05) is 5.33 Å². The van der Waals surface area contributed by atoms with Crippen molar-refractivity contribution in [2.24, 2.45) is 0 Å². The van der Waals surface area contributed by atoms with Gasteiger partial charge in [-0.2, -0.15) is 15.2 Å². The normalized spacial score (nSPS) is 11.6. The first kappa shape index (κ1) is 11.7. The number of nitrogens with zero attached hydrogens (tertiary/aromatic N) is 3. The first-order valence-electron chi connectivity index (χ1n) is 4.17. The number of rotatable bonds is 4. The van der Waals surface area contributed by atoms with Gasteiger partial charge in [-0.15, -0.1) is 0 Å². The number of methoxy groups -OCH3 is 2. The zero-order valence-electron chi connectivity index (χ0n) is 8.40. The average molecular weight is 272 g/mol. The lowest BCUT2D eigenvalue weighted by Crippen LogP contribution is -2.06. The summed E-state index contributed by atoms with van der Waals surface area (Å²) in [5.41, 5.74) is 0. The van der Waals surface area contributed by atoms with Gasteiger partial charge in [0.15, 0.2) is 5.82 Å². The average Bonchev–Trinajstić information content (AvgIpc) is 2.30. The van der Waals surface area contributed by atoms with Crippen LogP contribution in [0.4, 0.5) is 0 Å². The number of ether oxygens (including phenoxy) is 2. The molecule has 0 radical (unpaired) electrons. The Morgan fingerprint density at radius 3 is 2.27 bits per heavy atom. The van der Waals surface area contributed by atoms with Crippen LogP contribution in [0.25, 0.3) is 0 Å². The van der Waals surface area contributed by atoms with Gasteiger partial charge in [-0.25, -0.2) is 0 Å². The van der Waals surface area contributed by atoms with E-state index in [0.29, 0.717) is 22.9 Å². The summed E-state index contributed by atoms with van der Waals surface area (Å²) in [5.74, 6) is 0.760. The number of hydrogen-bond acceptors (Lipinski definition) is 5. The van der Waals surface area contributed by atoms with Crippen LogP contribution in [0.15, 0.2) is 6.07 Å². The minimum Gasteiger partial charge on any atom is -0.481 e. The lowest BCUT2D eigenvalue weighted by Gasteiger charge is -2.08. The third-order valence-electron chi connectivity index (χ3n) is 1.74. The molecule has 0 aromatic carbocycles. The fourth-order valence-corrected chi connectivity index (χ4v) is 1.38. The van der Waals surface area contributed by atoms with Crippen LogP contribution in [0.5, 0.6) is 11.8 Å². The van der Waals surface area contributed by atoms with Crippen LogP contribution >= 0.6 is 15.9 Å². The number of alkyl halides is 1. The van der Waals surface area contributed by atoms with Gasteiger partial charge in [0.2, 0.25) is 11.8 Å². The molecule has 0 bridgehead atoms. The molecule has 0 spiro atoms. The van der Waals surface area contributed by atoms with E-state index in [2.05, 4.69) is 32.0 Å². The molecule has 1 aromatic rings. The minimum absolute atomic E-state index is 0.387. The zero-order chi connectivity index (χ0) is 11.3. The molecule has 1 rings (SSSR count). The van der Waals surface area contributed by atoms with E-state index < -0.39 is 5.92 Å². The molecule has 0 saturated heterocycles. The number of nitriles is 1. The minimum atomic E-state index is -0.408. The summed E-state index contributed by atoms with van der Waals surface area (Å²) in [6, 6.07) is 3.65. The van der Waals surface area contributed by atoms with E-state index in [-0.39, 0.29) is 0 Å². The second kappa shape index (κ2) is 5.51. The van der Waals surface area contributed by atoms with Crippen molar-refractivity contribution < 1.29 is 9.47 Å². The number of hydrogen-bond donors (Lipinski definition) is 0. The molecule has 0 aliphatic heterocycles. The standard InChI is InChI=1S/C9H10BrN3O2/c1-14-7-3-8(15-2)13-9(12-7)6(4-10)5-11/h3,6H,4H2,1-2H3. The summed E-state index contributed by atoms with van der Waals surface area (Å²) in [4.78, 5) is 8.15. The van der Waals surface area contributed by atoms with Crippen molar-refractivity contribution in [1.82, 2.24) is 9.97 Å². The maximum absolute atomic E-state index is 8.87. The van der Waals surface area contributed by atoms with E-state index >= 15 is 0 Å². The van der Waals surface area contributed by atoms with Crippen molar-refractivity contribution in [3.8, 4) is 17.8 Å². The second-order valence-electron chi connectivity index (χ2n) is 2.65. The summed E-state index contributed by atoms with van der Waals surface area (Å²) < 4.78 is 9.96. The summed E-state index contributed by atoms with van der Waals surface area (Å²) in [6.07, 6.45) is 0. The Balaban J connectivity index is 3.12. The Morgan fingerprint density at radius 1 is 1.40 bits per heavy atom. The molecule has 0 aliphatic rings. The van der Waals surface area contributed by atoms with Crippen LogP contribution < -0.4 is 9.47 Å². The third-order valence-corrected chi connectivity index (χ3v) is 2.38. The van der Waals surface area contributed by atoms with Gasteiger partial charge in [0.25, 0.3) is 0 Å². The van der Waals surface area contributed by atoms with Crippen LogP contribution in [0.1, 0.15) is 11.7 Å². The van der Waals surface area contributed by atoms with Gasteiger partial charge in [-0.3, -0.25) is 0 Å². The smallest absolute Gasteiger partial charge is 0.220 e. The van der Waals surface area contributed by atoms with Crippen molar-refractivity contribution >= 4 is 15.9 Å². The van der Waals surface area contributed by atoms with Gasteiger partial charge < -0.3 is 9.47 Å². The molecule has 1 heterocycles. The highest BCUT2D eigenvalue weighted by Gasteiger charge is 2.15. The van der Waals surface area contributed by atoms with E-state index in [1.165, 1.54) is 14.2 Å². The molecule has 0 N–H and O–H groups in total. The molecular weight excluding hydrogens is 262 g/mol. The zero-order valence-corrected chi connectivity index (χ0v) is 9.98. The van der Waals surface area contributed by atoms with Gasteiger partial charge in [0.05, 0.1) is 26.4 Å². The maximum Gasteiger partial charge on any atom is 0.220 e. The van der Waals surface area contributed by atoms with Crippen molar-refractivity contribution in [3.63, 3.8) is 0 Å². The van der Waals surface area contributed by atoms with Crippen molar-refractivity contribution in [1.29, 1.82) is 5.26 Å². The molecule has 1 unspecified atom stereocenters. The lowest BCUT2D eigenvalue weighted by molar-refractivity contribution is 0.368. The third kappa shape index (κ3) is 2.80. The summed E-state index contributed by atoms with van der Waals surface area (Å²) in [6.45, 7) is 0. The van der Waals surface area contributed by atoms with Gasteiger partial charge >= 0.3 is 0 Å². The molecular formula is C9H10BrN3O2. The first-order chi connectivity index (χ1) is 7.24. The number of aromatic nitrogens is 2. The van der Waals surface area contributed by atoms with Crippen LogP contribution in [0, 0.1) is 11.3 Å². The fraction of sp³-hybridized carbons (Fsp3) is 0.444. The summed E-state index contributed by atoms with van der Waals surface area (Å²) in [7, 11) is 3.00. The van der Waals surface area contributed by atoms with Crippen LogP contribution in [-0.4, -0.2) is 29.5 Å². The predicted molar refractivity (Wildman–Crippen MR) is 57.3 cm³/mol. The largest absolute Gasteiger partial charge is 0.481 e. The Labute approximate surface area is 96.2 Å². The van der Waals surface area contributed by atoms with Crippen LogP contribution in [0.3, 0.4) is 0 Å². The Kier molecular flexibility index (Phi) is 4.31. The maximum atomic E-state index is 8.87. The molecule has 5 nitrogen and oxygen atoms in total. The Bertz CT molecular complexity index is 356. The topological polar surface area (TPSA) is 68.0 Å². The van der Waals surface area contributed by atoms with Gasteiger partial charge in [-0.05, 0) is 0 Å². The van der Waals surface area contributed by atoms with Crippen LogP contribution in [0.2, 0.25) is 0 Å². The van der Waals surface area contributed by atoms with Crippen molar-refractivity contribution in [2.75, 3.05) is 19.5 Å². The highest BCUT2D eigenvalue weighted by Crippen LogP contribution is 2.20. The highest BCUT2D eigenvalue weighted by atomic mass is 79.9. The molecule has 0 fully saturated rings. The molecule has 0 aliphatic carbocycles. The SMILES string of the molecule is COc1cc(OC)nc(C(C#N)CBr)n1. The van der Waals surface area contributed by atoms with Crippen molar-refractivity contribution in [2.45, 2.75) is 5.92 Å². The molecule has 6 heteroatoms. The van der Waals surface area contributed by atoms with Gasteiger partial charge in [0.1, 0.15) is 5.92 Å². The highest BCUT2D eigenvalue weighted by molar-refractivity contribution is 9.09. The fourth-order valence-electron chi connectivity index (χ4n) is 0.947. The second-order valence-corrected chi connectivity index (χ2v) is 3.29. The molecule has 15 heavy (non-hydrogen) atoms. The first-order valence-corrected chi connectivity index (χ1v) is 5.29. The quantitative estimate of drug-likeness (QED) is 0.777. The van der Waals surface area contributed by atoms with E-state index in [4.69, 9.17) is 14.7 Å². The monoisotopic (exact) mass is 271 g/mol. The molecule has 80 valence electrons. The van der Waals surface area contributed by atoms with E-state index in [0.717, 1.165) is 0 Å². The van der Waals surface area contributed by atoms with Gasteiger partial charge in [-0.1, -0.05) is 15.9 Å². The van der Waals surface area contributed by atoms with E-state index in [9.17, 15) is 0 Å². The molecule has 1 aromatic heterocycles. The Morgan fingerprint density at radius 2 is 1.93 bits per heavy atom. The molecule has 0 saturated carbocycles. The number of halogens is 1. The summed E-state index contributed by atoms with van der Waals surface area (Å²) in [5, 5.41) is 9.34. The van der Waals surface area contributed by atoms with Crippen LogP contribution in [-0.2, 0) is 0 Å². The Hall–Kier alpha value is -1.35. The van der Waals surface area contributed by atoms with E-state index in [1.807, 2.05) is 0 Å². The molecule has 1 atom stereocenters. The van der Waals surface area contributed by atoms with E-state index in [1.54, 1.807) is 6.07 Å².